The average molecular weight is 407 g/mol. The molecule has 0 saturated heterocycles. The Hall–Kier alpha value is -0.720. The standard InChI is InChI=1S/C19H38NO6P/c1-11-14-23-16(21)15(4)26-20(19(8,9)10)17(18(5,6)7)27(22,24-12-2)25-13-3/h11,15,17H,1,12-14H2,2-10H3. The van der Waals surface area contributed by atoms with Crippen molar-refractivity contribution in [3.8, 4) is 0 Å². The van der Waals surface area contributed by atoms with Crippen molar-refractivity contribution in [1.29, 1.82) is 0 Å². The molecule has 0 aliphatic rings. The average Bonchev–Trinajstić information content (AvgIpc) is 2.49. The van der Waals surface area contributed by atoms with Crippen molar-refractivity contribution in [3.63, 3.8) is 0 Å². The van der Waals surface area contributed by atoms with Gasteiger partial charge >= 0.3 is 13.6 Å². The maximum absolute atomic E-state index is 13.7. The van der Waals surface area contributed by atoms with Gasteiger partial charge in [-0.1, -0.05) is 33.4 Å². The second-order valence-electron chi connectivity index (χ2n) is 8.28. The van der Waals surface area contributed by atoms with Crippen LogP contribution in [0.5, 0.6) is 0 Å². The van der Waals surface area contributed by atoms with Crippen LogP contribution in [0.25, 0.3) is 0 Å². The number of nitrogens with zero attached hydrogens (tertiary/aromatic N) is 1. The van der Waals surface area contributed by atoms with Gasteiger partial charge in [0.2, 0.25) is 0 Å². The molecule has 0 amide bonds. The van der Waals surface area contributed by atoms with Gasteiger partial charge in [-0.15, -0.1) is 0 Å². The molecule has 27 heavy (non-hydrogen) atoms. The lowest BCUT2D eigenvalue weighted by atomic mass is 9.94. The third-order valence-corrected chi connectivity index (χ3v) is 6.34. The van der Waals surface area contributed by atoms with Crippen LogP contribution >= 0.6 is 7.60 Å². The molecule has 160 valence electrons. The number of esters is 1. The maximum atomic E-state index is 13.7. The number of hydroxylamine groups is 2. The number of carbonyl (C=O) groups excluding carboxylic acids is 1. The predicted molar refractivity (Wildman–Crippen MR) is 107 cm³/mol. The molecule has 0 aromatic rings. The Bertz CT molecular complexity index is 513. The summed E-state index contributed by atoms with van der Waals surface area (Å²) in [5.74, 6) is -1.26. The minimum absolute atomic E-state index is 0.0983. The highest BCUT2D eigenvalue weighted by molar-refractivity contribution is 7.54. The number of carbonyl (C=O) groups is 1. The molecule has 0 fully saturated rings. The Morgan fingerprint density at radius 3 is 1.93 bits per heavy atom. The molecule has 2 unspecified atom stereocenters. The number of ether oxygens (including phenoxy) is 1. The number of hydrogen-bond acceptors (Lipinski definition) is 7. The summed E-state index contributed by atoms with van der Waals surface area (Å²) < 4.78 is 30.0. The van der Waals surface area contributed by atoms with Gasteiger partial charge in [0.1, 0.15) is 12.4 Å². The number of hydrogen-bond donors (Lipinski definition) is 0. The third kappa shape index (κ3) is 8.04. The summed E-state index contributed by atoms with van der Waals surface area (Å²) in [6.45, 7) is 20.8. The molecule has 0 bridgehead atoms. The summed E-state index contributed by atoms with van der Waals surface area (Å²) in [4.78, 5) is 18.2. The second kappa shape index (κ2) is 10.7. The second-order valence-corrected chi connectivity index (χ2v) is 10.4. The first-order valence-corrected chi connectivity index (χ1v) is 11.0. The van der Waals surface area contributed by atoms with Crippen LogP contribution in [0.1, 0.15) is 62.3 Å². The van der Waals surface area contributed by atoms with Crippen LogP contribution in [-0.2, 0) is 28.0 Å². The van der Waals surface area contributed by atoms with E-state index < -0.39 is 36.4 Å². The Labute approximate surface area is 164 Å². The normalized spacial score (nSPS) is 15.5. The Kier molecular flexibility index (Phi) is 10.4. The van der Waals surface area contributed by atoms with E-state index in [1.54, 1.807) is 25.8 Å². The smallest absolute Gasteiger partial charge is 0.350 e. The molecule has 0 rings (SSSR count). The molecule has 0 heterocycles. The van der Waals surface area contributed by atoms with Crippen LogP contribution in [0.4, 0.5) is 0 Å². The Balaban J connectivity index is 6.03. The minimum atomic E-state index is -3.58. The van der Waals surface area contributed by atoms with Crippen LogP contribution in [0.15, 0.2) is 12.7 Å². The molecule has 0 spiro atoms. The van der Waals surface area contributed by atoms with Crippen LogP contribution in [0.2, 0.25) is 0 Å². The number of rotatable bonds is 11. The van der Waals surface area contributed by atoms with Gasteiger partial charge < -0.3 is 13.8 Å². The lowest BCUT2D eigenvalue weighted by molar-refractivity contribution is -0.263. The van der Waals surface area contributed by atoms with E-state index in [0.29, 0.717) is 0 Å². The highest BCUT2D eigenvalue weighted by Gasteiger charge is 2.52. The van der Waals surface area contributed by atoms with Crippen molar-refractivity contribution in [3.05, 3.63) is 12.7 Å². The summed E-state index contributed by atoms with van der Waals surface area (Å²) in [5.41, 5.74) is -1.12. The highest BCUT2D eigenvalue weighted by Crippen LogP contribution is 2.60. The van der Waals surface area contributed by atoms with E-state index in [2.05, 4.69) is 6.58 Å². The molecule has 8 heteroatoms. The molecule has 0 N–H and O–H groups in total. The maximum Gasteiger partial charge on any atom is 0.350 e. The van der Waals surface area contributed by atoms with E-state index in [4.69, 9.17) is 18.6 Å². The molecule has 0 saturated carbocycles. The quantitative estimate of drug-likeness (QED) is 0.211. The molecule has 7 nitrogen and oxygen atoms in total. The Morgan fingerprint density at radius 1 is 1.11 bits per heavy atom. The van der Waals surface area contributed by atoms with Crippen molar-refractivity contribution in [2.24, 2.45) is 5.41 Å². The van der Waals surface area contributed by atoms with E-state index in [-0.39, 0.29) is 19.8 Å². The lowest BCUT2D eigenvalue weighted by Gasteiger charge is -2.47. The zero-order chi connectivity index (χ0) is 21.5. The van der Waals surface area contributed by atoms with E-state index in [1.165, 1.54) is 6.08 Å². The molecular weight excluding hydrogens is 369 g/mol. The summed E-state index contributed by atoms with van der Waals surface area (Å²) in [5, 5.41) is 1.57. The third-order valence-electron chi connectivity index (χ3n) is 3.52. The van der Waals surface area contributed by atoms with Crippen molar-refractivity contribution < 1.29 is 28.0 Å². The summed E-state index contributed by atoms with van der Waals surface area (Å²) in [6.07, 6.45) is 0.591. The van der Waals surface area contributed by atoms with Gasteiger partial charge in [0.05, 0.1) is 13.2 Å². The van der Waals surface area contributed by atoms with E-state index in [0.717, 1.165) is 0 Å². The molecule has 0 aliphatic heterocycles. The van der Waals surface area contributed by atoms with Gasteiger partial charge in [-0.25, -0.2) is 4.79 Å². The zero-order valence-electron chi connectivity index (χ0n) is 18.4. The molecule has 0 aromatic heterocycles. The summed E-state index contributed by atoms with van der Waals surface area (Å²) in [6, 6.07) is 0. The van der Waals surface area contributed by atoms with Gasteiger partial charge in [-0.2, -0.15) is 5.06 Å². The monoisotopic (exact) mass is 407 g/mol. The van der Waals surface area contributed by atoms with Crippen LogP contribution in [0.3, 0.4) is 0 Å². The zero-order valence-corrected chi connectivity index (χ0v) is 19.3. The van der Waals surface area contributed by atoms with Gasteiger partial charge in [-0.3, -0.25) is 9.40 Å². The van der Waals surface area contributed by atoms with Crippen molar-refractivity contribution in [2.45, 2.75) is 79.7 Å². The van der Waals surface area contributed by atoms with Crippen LogP contribution < -0.4 is 0 Å². The largest absolute Gasteiger partial charge is 0.459 e. The highest BCUT2D eigenvalue weighted by atomic mass is 31.2. The fraction of sp³-hybridized carbons (Fsp3) is 0.842. The minimum Gasteiger partial charge on any atom is -0.459 e. The van der Waals surface area contributed by atoms with Gasteiger partial charge in [-0.05, 0) is 47.0 Å². The molecular formula is C19H38NO6P. The fourth-order valence-corrected chi connectivity index (χ4v) is 5.23. The first-order chi connectivity index (χ1) is 12.2. The first kappa shape index (κ1) is 26.3. The summed E-state index contributed by atoms with van der Waals surface area (Å²) in [7, 11) is -3.58. The van der Waals surface area contributed by atoms with E-state index in [1.807, 2.05) is 41.5 Å². The van der Waals surface area contributed by atoms with E-state index in [9.17, 15) is 9.36 Å². The SMILES string of the molecule is C=CCOC(=O)C(C)ON(C(C(C)(C)C)P(=O)(OCC)OCC)C(C)(C)C. The molecule has 2 atom stereocenters. The van der Waals surface area contributed by atoms with Crippen LogP contribution in [-0.4, -0.2) is 48.3 Å². The van der Waals surface area contributed by atoms with E-state index >= 15 is 0 Å². The molecule has 0 aliphatic carbocycles. The predicted octanol–water partition coefficient (Wildman–Crippen LogP) is 4.77. The van der Waals surface area contributed by atoms with Crippen molar-refractivity contribution in [2.75, 3.05) is 19.8 Å². The van der Waals surface area contributed by atoms with Gasteiger partial charge in [0.25, 0.3) is 0 Å². The van der Waals surface area contributed by atoms with Crippen LogP contribution in [0, 0.1) is 5.41 Å². The van der Waals surface area contributed by atoms with Crippen molar-refractivity contribution >= 4 is 13.6 Å². The lowest BCUT2D eigenvalue weighted by Crippen LogP contribution is -2.55. The first-order valence-electron chi connectivity index (χ1n) is 9.37. The topological polar surface area (TPSA) is 74.3 Å². The summed E-state index contributed by atoms with van der Waals surface area (Å²) >= 11 is 0. The van der Waals surface area contributed by atoms with Gasteiger partial charge in [0.15, 0.2) is 6.10 Å². The van der Waals surface area contributed by atoms with Crippen molar-refractivity contribution in [1.82, 2.24) is 5.06 Å². The fourth-order valence-electron chi connectivity index (χ4n) is 2.55. The molecule has 0 radical (unpaired) electrons. The Morgan fingerprint density at radius 2 is 1.59 bits per heavy atom. The molecule has 0 aromatic carbocycles. The van der Waals surface area contributed by atoms with Gasteiger partial charge in [0, 0.05) is 5.54 Å².